The van der Waals surface area contributed by atoms with E-state index in [1.807, 2.05) is 28.6 Å². The summed E-state index contributed by atoms with van der Waals surface area (Å²) in [5, 5.41) is 20.6. The molecule has 6 nitrogen and oxygen atoms in total. The van der Waals surface area contributed by atoms with Gasteiger partial charge in [-0.05, 0) is 31.5 Å². The zero-order chi connectivity index (χ0) is 16.5. The molecule has 2 aromatic rings. The Labute approximate surface area is 148 Å². The first kappa shape index (κ1) is 16.2. The molecule has 24 heavy (non-hydrogen) atoms. The summed E-state index contributed by atoms with van der Waals surface area (Å²) in [6, 6.07) is 3.67. The number of aliphatic hydroxyl groups excluding tert-OH is 1. The van der Waals surface area contributed by atoms with Gasteiger partial charge in [0.05, 0.1) is 20.9 Å². The van der Waals surface area contributed by atoms with E-state index in [1.165, 1.54) is 11.3 Å². The van der Waals surface area contributed by atoms with Crippen molar-refractivity contribution >= 4 is 33.6 Å². The summed E-state index contributed by atoms with van der Waals surface area (Å²) in [4.78, 5) is 19.4. The molecule has 4 heterocycles. The molecule has 0 bridgehead atoms. The molecule has 2 aliphatic rings. The maximum Gasteiger partial charge on any atom is 0.242 e. The number of nitrogens with one attached hydrogen (secondary N) is 2. The fourth-order valence-corrected chi connectivity index (χ4v) is 4.82. The molecule has 1 amide bonds. The highest BCUT2D eigenvalue weighted by Gasteiger charge is 2.35. The Bertz CT molecular complexity index is 691. The number of amides is 1. The summed E-state index contributed by atoms with van der Waals surface area (Å²) < 4.78 is 0. The third-order valence-corrected chi connectivity index (χ3v) is 6.54. The maximum atomic E-state index is 12.1. The molecule has 2 fully saturated rings. The van der Waals surface area contributed by atoms with Crippen molar-refractivity contribution in [2.45, 2.75) is 31.0 Å². The second-order valence-electron chi connectivity index (χ2n) is 6.24. The van der Waals surface area contributed by atoms with Crippen LogP contribution in [-0.4, -0.2) is 46.6 Å². The first-order chi connectivity index (χ1) is 11.7. The molecular weight excluding hydrogens is 344 g/mol. The third kappa shape index (κ3) is 3.25. The van der Waals surface area contributed by atoms with Gasteiger partial charge in [-0.15, -0.1) is 22.7 Å². The van der Waals surface area contributed by atoms with Crippen LogP contribution in [0.25, 0.3) is 0 Å². The van der Waals surface area contributed by atoms with Crippen LogP contribution in [0.3, 0.4) is 0 Å². The molecule has 1 unspecified atom stereocenters. The van der Waals surface area contributed by atoms with Gasteiger partial charge in [0, 0.05) is 30.6 Å². The Morgan fingerprint density at radius 2 is 2.33 bits per heavy atom. The predicted molar refractivity (Wildman–Crippen MR) is 95.4 cm³/mol. The fraction of sp³-hybridized carbons (Fsp3) is 0.500. The van der Waals surface area contributed by atoms with Crippen LogP contribution in [0.4, 0.5) is 5.00 Å². The van der Waals surface area contributed by atoms with Crippen LogP contribution in [-0.2, 0) is 4.79 Å². The van der Waals surface area contributed by atoms with Gasteiger partial charge in [-0.25, -0.2) is 4.98 Å². The number of thiophene rings is 1. The van der Waals surface area contributed by atoms with Crippen molar-refractivity contribution in [3.05, 3.63) is 33.6 Å². The number of aromatic nitrogens is 1. The van der Waals surface area contributed by atoms with Crippen molar-refractivity contribution in [3.63, 3.8) is 0 Å². The molecule has 2 saturated heterocycles. The van der Waals surface area contributed by atoms with E-state index in [0.29, 0.717) is 5.92 Å². The third-order valence-electron chi connectivity index (χ3n) is 4.56. The monoisotopic (exact) mass is 364 g/mol. The highest BCUT2D eigenvalue weighted by atomic mass is 32.1. The van der Waals surface area contributed by atoms with Crippen molar-refractivity contribution in [3.8, 4) is 0 Å². The van der Waals surface area contributed by atoms with E-state index >= 15 is 0 Å². The molecule has 0 aromatic carbocycles. The van der Waals surface area contributed by atoms with E-state index in [1.54, 1.807) is 11.3 Å². The smallest absolute Gasteiger partial charge is 0.242 e. The molecule has 2 atom stereocenters. The predicted octanol–water partition coefficient (Wildman–Crippen LogP) is 1.99. The maximum absolute atomic E-state index is 12.1. The van der Waals surface area contributed by atoms with E-state index in [-0.39, 0.29) is 11.9 Å². The molecule has 0 radical (unpaired) electrons. The normalized spacial score (nSPS) is 23.1. The number of hydrogen-bond donors (Lipinski definition) is 3. The second kappa shape index (κ2) is 6.89. The van der Waals surface area contributed by atoms with Gasteiger partial charge < -0.3 is 15.7 Å². The van der Waals surface area contributed by atoms with Crippen molar-refractivity contribution in [1.82, 2.24) is 15.2 Å². The first-order valence-electron chi connectivity index (χ1n) is 8.16. The lowest BCUT2D eigenvalue weighted by Gasteiger charge is -2.40. The van der Waals surface area contributed by atoms with Gasteiger partial charge in [0.1, 0.15) is 6.23 Å². The lowest BCUT2D eigenvalue weighted by atomic mass is 10.0. The SMILES string of the molecule is O=C(Nc1ccc(C(O)N2CC(c3nccs3)C2)s1)[C@@H]1CCCN1. The number of rotatable bonds is 5. The summed E-state index contributed by atoms with van der Waals surface area (Å²) in [6.07, 6.45) is 3.15. The van der Waals surface area contributed by atoms with Crippen LogP contribution in [0.5, 0.6) is 0 Å². The van der Waals surface area contributed by atoms with Crippen LogP contribution in [0.15, 0.2) is 23.7 Å². The van der Waals surface area contributed by atoms with E-state index in [9.17, 15) is 9.90 Å². The Morgan fingerprint density at radius 1 is 1.46 bits per heavy atom. The van der Waals surface area contributed by atoms with Gasteiger partial charge in [0.2, 0.25) is 5.91 Å². The molecule has 8 heteroatoms. The number of carbonyl (C=O) groups excluding carboxylic acids is 1. The van der Waals surface area contributed by atoms with Crippen molar-refractivity contribution < 1.29 is 9.90 Å². The van der Waals surface area contributed by atoms with E-state index in [2.05, 4.69) is 15.6 Å². The fourth-order valence-electron chi connectivity index (χ4n) is 3.16. The first-order valence-corrected chi connectivity index (χ1v) is 9.86. The minimum Gasteiger partial charge on any atom is -0.373 e. The van der Waals surface area contributed by atoms with Crippen LogP contribution in [0.2, 0.25) is 0 Å². The lowest BCUT2D eigenvalue weighted by molar-refractivity contribution is -0.117. The Hall–Kier alpha value is -1.32. The van der Waals surface area contributed by atoms with E-state index in [0.717, 1.165) is 47.4 Å². The number of carbonyl (C=O) groups is 1. The zero-order valence-electron chi connectivity index (χ0n) is 13.1. The van der Waals surface area contributed by atoms with Crippen molar-refractivity contribution in [2.24, 2.45) is 0 Å². The molecule has 2 aliphatic heterocycles. The molecule has 2 aromatic heterocycles. The molecule has 4 rings (SSSR count). The van der Waals surface area contributed by atoms with Crippen LogP contribution < -0.4 is 10.6 Å². The number of hydrogen-bond acceptors (Lipinski definition) is 7. The number of likely N-dealkylation sites (tertiary alicyclic amines) is 1. The summed E-state index contributed by atoms with van der Waals surface area (Å²) >= 11 is 3.11. The molecule has 3 N–H and O–H groups in total. The van der Waals surface area contributed by atoms with E-state index in [4.69, 9.17) is 0 Å². The summed E-state index contributed by atoms with van der Waals surface area (Å²) in [7, 11) is 0. The Morgan fingerprint density at radius 3 is 3.04 bits per heavy atom. The summed E-state index contributed by atoms with van der Waals surface area (Å²) in [6.45, 7) is 2.54. The molecule has 0 aliphatic carbocycles. The zero-order valence-corrected chi connectivity index (χ0v) is 14.8. The Balaban J connectivity index is 1.32. The standard InChI is InChI=1S/C16H20N4O2S2/c21-14(11-2-1-5-17-11)19-13-4-3-12(24-13)16(22)20-8-10(9-20)15-18-6-7-23-15/h3-4,6-7,10-11,16-17,22H,1-2,5,8-9H2,(H,19,21)/t11-,16?/m0/s1. The number of thiazole rings is 1. The molecule has 0 spiro atoms. The van der Waals surface area contributed by atoms with E-state index < -0.39 is 6.23 Å². The minimum atomic E-state index is -0.610. The average molecular weight is 364 g/mol. The van der Waals surface area contributed by atoms with Gasteiger partial charge in [0.25, 0.3) is 0 Å². The molecule has 0 saturated carbocycles. The highest BCUT2D eigenvalue weighted by molar-refractivity contribution is 7.16. The molecular formula is C16H20N4O2S2. The van der Waals surface area contributed by atoms with Crippen LogP contribution in [0.1, 0.15) is 34.9 Å². The summed E-state index contributed by atoms with van der Waals surface area (Å²) in [5.74, 6) is 0.440. The van der Waals surface area contributed by atoms with Crippen LogP contribution >= 0.6 is 22.7 Å². The van der Waals surface area contributed by atoms with Gasteiger partial charge in [-0.1, -0.05) is 0 Å². The number of nitrogens with zero attached hydrogens (tertiary/aromatic N) is 2. The lowest BCUT2D eigenvalue weighted by Crippen LogP contribution is -2.46. The van der Waals surface area contributed by atoms with Gasteiger partial charge in [0.15, 0.2) is 0 Å². The van der Waals surface area contributed by atoms with Gasteiger partial charge in [-0.3, -0.25) is 9.69 Å². The average Bonchev–Trinajstić information content (AvgIpc) is 3.28. The van der Waals surface area contributed by atoms with Gasteiger partial charge in [-0.2, -0.15) is 0 Å². The summed E-state index contributed by atoms with van der Waals surface area (Å²) in [5.41, 5.74) is 0. The van der Waals surface area contributed by atoms with Crippen molar-refractivity contribution in [2.75, 3.05) is 25.0 Å². The van der Waals surface area contributed by atoms with Crippen molar-refractivity contribution in [1.29, 1.82) is 0 Å². The highest BCUT2D eigenvalue weighted by Crippen LogP contribution is 2.37. The quantitative estimate of drug-likeness (QED) is 0.756. The number of anilines is 1. The molecule has 128 valence electrons. The number of aliphatic hydroxyl groups is 1. The second-order valence-corrected chi connectivity index (χ2v) is 8.28. The minimum absolute atomic E-state index is 0.0168. The van der Waals surface area contributed by atoms with Gasteiger partial charge >= 0.3 is 0 Å². The Kier molecular flexibility index (Phi) is 4.64. The van der Waals surface area contributed by atoms with Crippen LogP contribution in [0, 0.1) is 0 Å². The topological polar surface area (TPSA) is 77.5 Å². The largest absolute Gasteiger partial charge is 0.373 e.